The molecule has 0 aliphatic heterocycles. The number of rotatable bonds is 10. The van der Waals surface area contributed by atoms with E-state index < -0.39 is 0 Å². The average Bonchev–Trinajstić information content (AvgIpc) is 2.87. The molecule has 1 aromatic heterocycles. The summed E-state index contributed by atoms with van der Waals surface area (Å²) in [7, 11) is 0. The zero-order chi connectivity index (χ0) is 14.8. The van der Waals surface area contributed by atoms with Gasteiger partial charge in [0.25, 0.3) is 0 Å². The van der Waals surface area contributed by atoms with Gasteiger partial charge in [-0.05, 0) is 26.8 Å². The van der Waals surface area contributed by atoms with Crippen molar-refractivity contribution in [3.8, 4) is 0 Å². The summed E-state index contributed by atoms with van der Waals surface area (Å²) in [5.74, 6) is 0.0178. The number of aromatic nitrogens is 1. The number of nitrogens with zero attached hydrogens (tertiary/aromatic N) is 1. The van der Waals surface area contributed by atoms with Gasteiger partial charge in [-0.3, -0.25) is 4.79 Å². The van der Waals surface area contributed by atoms with E-state index in [2.05, 4.69) is 22.5 Å². The fourth-order valence-corrected chi connectivity index (χ4v) is 2.55. The van der Waals surface area contributed by atoms with E-state index in [0.29, 0.717) is 19.6 Å². The van der Waals surface area contributed by atoms with E-state index in [-0.39, 0.29) is 36.8 Å². The Kier molecular flexibility index (Phi) is 15.4. The van der Waals surface area contributed by atoms with Gasteiger partial charge < -0.3 is 15.4 Å². The van der Waals surface area contributed by atoms with Gasteiger partial charge in [0.05, 0.1) is 12.1 Å². The predicted molar refractivity (Wildman–Crippen MR) is 96.5 cm³/mol. The number of ether oxygens (including phenoxy) is 1. The van der Waals surface area contributed by atoms with Crippen LogP contribution in [0, 0.1) is 0 Å². The van der Waals surface area contributed by atoms with Gasteiger partial charge in [0.15, 0.2) is 0 Å². The van der Waals surface area contributed by atoms with Crippen molar-refractivity contribution in [1.29, 1.82) is 0 Å². The number of hydrogen-bond donors (Lipinski definition) is 2. The molecule has 0 fully saturated rings. The molecular formula is C14H27Cl2N3O2S. The molecule has 0 aliphatic rings. The first kappa shape index (κ1) is 23.9. The summed E-state index contributed by atoms with van der Waals surface area (Å²) in [4.78, 5) is 16.2. The maximum Gasteiger partial charge on any atom is 0.226 e. The fourth-order valence-electron chi connectivity index (χ4n) is 1.73. The van der Waals surface area contributed by atoms with Gasteiger partial charge in [-0.2, -0.15) is 0 Å². The van der Waals surface area contributed by atoms with Crippen LogP contribution in [-0.2, 0) is 16.0 Å². The van der Waals surface area contributed by atoms with Crippen LogP contribution in [0.5, 0.6) is 0 Å². The number of halogens is 2. The van der Waals surface area contributed by atoms with Gasteiger partial charge in [0, 0.05) is 25.1 Å². The highest BCUT2D eigenvalue weighted by molar-refractivity contribution is 7.09. The summed E-state index contributed by atoms with van der Waals surface area (Å²) >= 11 is 1.55. The Morgan fingerprint density at radius 1 is 1.32 bits per heavy atom. The molecular weight excluding hydrogens is 345 g/mol. The van der Waals surface area contributed by atoms with E-state index in [0.717, 1.165) is 30.2 Å². The van der Waals surface area contributed by atoms with Gasteiger partial charge in [0.1, 0.15) is 11.1 Å². The van der Waals surface area contributed by atoms with Gasteiger partial charge >= 0.3 is 0 Å². The smallest absolute Gasteiger partial charge is 0.226 e. The molecule has 130 valence electrons. The van der Waals surface area contributed by atoms with E-state index in [4.69, 9.17) is 4.74 Å². The third kappa shape index (κ3) is 9.58. The molecule has 1 atom stereocenters. The summed E-state index contributed by atoms with van der Waals surface area (Å²) in [5.41, 5.74) is 0.815. The lowest BCUT2D eigenvalue weighted by Gasteiger charge is -2.07. The first-order valence-electron chi connectivity index (χ1n) is 7.20. The molecule has 0 spiro atoms. The average molecular weight is 372 g/mol. The van der Waals surface area contributed by atoms with Crippen molar-refractivity contribution >= 4 is 42.1 Å². The SMILES string of the molecule is CCCNCCNC(=O)Cc1csc(C(C)OCC)n1.Cl.Cl. The van der Waals surface area contributed by atoms with Crippen molar-refractivity contribution in [3.05, 3.63) is 16.1 Å². The summed E-state index contributed by atoms with van der Waals surface area (Å²) in [5, 5.41) is 8.99. The Balaban J connectivity index is 0. The molecule has 2 N–H and O–H groups in total. The third-order valence-electron chi connectivity index (χ3n) is 2.73. The van der Waals surface area contributed by atoms with Crippen LogP contribution in [-0.4, -0.2) is 37.1 Å². The van der Waals surface area contributed by atoms with Crippen molar-refractivity contribution < 1.29 is 9.53 Å². The maximum atomic E-state index is 11.7. The molecule has 5 nitrogen and oxygen atoms in total. The van der Waals surface area contributed by atoms with Crippen molar-refractivity contribution in [1.82, 2.24) is 15.6 Å². The van der Waals surface area contributed by atoms with Crippen LogP contribution >= 0.6 is 36.2 Å². The van der Waals surface area contributed by atoms with Crippen molar-refractivity contribution in [2.75, 3.05) is 26.2 Å². The number of nitrogens with one attached hydrogen (secondary N) is 2. The molecule has 1 heterocycles. The Bertz CT molecular complexity index is 405. The summed E-state index contributed by atoms with van der Waals surface area (Å²) < 4.78 is 5.49. The number of thiazole rings is 1. The highest BCUT2D eigenvalue weighted by atomic mass is 35.5. The third-order valence-corrected chi connectivity index (χ3v) is 3.78. The highest BCUT2D eigenvalue weighted by Gasteiger charge is 2.12. The highest BCUT2D eigenvalue weighted by Crippen LogP contribution is 2.21. The summed E-state index contributed by atoms with van der Waals surface area (Å²) in [6.07, 6.45) is 1.44. The van der Waals surface area contributed by atoms with E-state index in [1.165, 1.54) is 0 Å². The number of amides is 1. The van der Waals surface area contributed by atoms with Crippen molar-refractivity contribution in [2.45, 2.75) is 39.7 Å². The Labute approximate surface area is 149 Å². The topological polar surface area (TPSA) is 63.2 Å². The van der Waals surface area contributed by atoms with Crippen molar-refractivity contribution in [2.24, 2.45) is 0 Å². The molecule has 0 aromatic carbocycles. The monoisotopic (exact) mass is 371 g/mol. The molecule has 1 amide bonds. The van der Waals surface area contributed by atoms with Gasteiger partial charge in [-0.1, -0.05) is 6.92 Å². The minimum absolute atomic E-state index is 0. The van der Waals surface area contributed by atoms with Crippen LogP contribution in [0.25, 0.3) is 0 Å². The lowest BCUT2D eigenvalue weighted by Crippen LogP contribution is -2.33. The minimum Gasteiger partial charge on any atom is -0.372 e. The van der Waals surface area contributed by atoms with Gasteiger partial charge in [0.2, 0.25) is 5.91 Å². The van der Waals surface area contributed by atoms with E-state index in [1.54, 1.807) is 11.3 Å². The molecule has 0 saturated heterocycles. The van der Waals surface area contributed by atoms with Gasteiger partial charge in [-0.25, -0.2) is 4.98 Å². The molecule has 1 rings (SSSR count). The number of hydrogen-bond acceptors (Lipinski definition) is 5. The Hall–Kier alpha value is -0.400. The Morgan fingerprint density at radius 2 is 2.05 bits per heavy atom. The van der Waals surface area contributed by atoms with Gasteiger partial charge in [-0.15, -0.1) is 36.2 Å². The van der Waals surface area contributed by atoms with Crippen LogP contribution < -0.4 is 10.6 Å². The number of carbonyl (C=O) groups excluding carboxylic acids is 1. The zero-order valence-corrected chi connectivity index (χ0v) is 15.8. The summed E-state index contributed by atoms with van der Waals surface area (Å²) in [6, 6.07) is 0. The molecule has 0 saturated carbocycles. The van der Waals surface area contributed by atoms with Crippen molar-refractivity contribution in [3.63, 3.8) is 0 Å². The standard InChI is InChI=1S/C14H25N3O2S.2ClH/c1-4-6-15-7-8-16-13(18)9-12-10-20-14(17-12)11(3)19-5-2;;/h10-11,15H,4-9H2,1-3H3,(H,16,18);2*1H. The molecule has 22 heavy (non-hydrogen) atoms. The van der Waals surface area contributed by atoms with Crippen LogP contribution in [0.4, 0.5) is 0 Å². The largest absolute Gasteiger partial charge is 0.372 e. The zero-order valence-electron chi connectivity index (χ0n) is 13.4. The lowest BCUT2D eigenvalue weighted by molar-refractivity contribution is -0.120. The van der Waals surface area contributed by atoms with E-state index in [1.807, 2.05) is 19.2 Å². The summed E-state index contributed by atoms with van der Waals surface area (Å²) in [6.45, 7) is 9.18. The molecule has 0 bridgehead atoms. The molecule has 8 heteroatoms. The van der Waals surface area contributed by atoms with Crippen LogP contribution in [0.2, 0.25) is 0 Å². The van der Waals surface area contributed by atoms with Crippen LogP contribution in [0.3, 0.4) is 0 Å². The van der Waals surface area contributed by atoms with E-state index in [9.17, 15) is 4.79 Å². The fraction of sp³-hybridized carbons (Fsp3) is 0.714. The van der Waals surface area contributed by atoms with Crippen LogP contribution in [0.15, 0.2) is 5.38 Å². The second-order valence-electron chi connectivity index (χ2n) is 4.55. The minimum atomic E-state index is 0. The first-order chi connectivity index (χ1) is 9.67. The Morgan fingerprint density at radius 3 is 2.68 bits per heavy atom. The lowest BCUT2D eigenvalue weighted by atomic mass is 10.3. The second kappa shape index (κ2) is 14.2. The normalized spacial score (nSPS) is 11.2. The quantitative estimate of drug-likeness (QED) is 0.620. The molecule has 1 unspecified atom stereocenters. The molecule has 0 aliphatic carbocycles. The second-order valence-corrected chi connectivity index (χ2v) is 5.44. The molecule has 0 radical (unpaired) electrons. The van der Waals surface area contributed by atoms with E-state index >= 15 is 0 Å². The number of carbonyl (C=O) groups is 1. The van der Waals surface area contributed by atoms with Crippen LogP contribution in [0.1, 0.15) is 44.0 Å². The predicted octanol–water partition coefficient (Wildman–Crippen LogP) is 2.74. The first-order valence-corrected chi connectivity index (χ1v) is 8.08. The maximum absolute atomic E-state index is 11.7. The molecule has 1 aromatic rings.